The van der Waals surface area contributed by atoms with E-state index in [0.29, 0.717) is 18.2 Å². The van der Waals surface area contributed by atoms with E-state index >= 15 is 0 Å². The van der Waals surface area contributed by atoms with Crippen LogP contribution in [0.4, 0.5) is 10.8 Å². The van der Waals surface area contributed by atoms with Crippen LogP contribution in [0.5, 0.6) is 5.75 Å². The molecule has 32 heavy (non-hydrogen) atoms. The molecule has 0 saturated heterocycles. The molecule has 4 aromatic rings. The fourth-order valence-electron chi connectivity index (χ4n) is 2.96. The number of carbonyl (C=O) groups excluding carboxylic acids is 1. The third-order valence-corrected chi connectivity index (χ3v) is 6.52. The van der Waals surface area contributed by atoms with Crippen LogP contribution in [0.3, 0.4) is 0 Å². The summed E-state index contributed by atoms with van der Waals surface area (Å²) in [5.74, 6) is 1.82. The van der Waals surface area contributed by atoms with E-state index in [1.54, 1.807) is 18.3 Å². The van der Waals surface area contributed by atoms with Crippen molar-refractivity contribution in [3.05, 3.63) is 84.3 Å². The molecule has 0 radical (unpaired) electrons. The highest BCUT2D eigenvalue weighted by Crippen LogP contribution is 2.28. The first kappa shape index (κ1) is 21.9. The molecule has 0 aliphatic heterocycles. The van der Waals surface area contributed by atoms with Gasteiger partial charge in [-0.3, -0.25) is 4.79 Å². The van der Waals surface area contributed by atoms with Crippen LogP contribution < -0.4 is 10.1 Å². The summed E-state index contributed by atoms with van der Waals surface area (Å²) in [5, 5.41) is 12.2. The maximum atomic E-state index is 13.0. The summed E-state index contributed by atoms with van der Waals surface area (Å²) in [5.41, 5.74) is 1.96. The number of methoxy groups -OCH3 is 1. The van der Waals surface area contributed by atoms with Crippen LogP contribution in [0.1, 0.15) is 11.3 Å². The number of furan rings is 1. The van der Waals surface area contributed by atoms with Crippen molar-refractivity contribution in [2.24, 2.45) is 0 Å². The van der Waals surface area contributed by atoms with E-state index in [4.69, 9.17) is 9.15 Å². The second kappa shape index (κ2) is 10.8. The molecule has 4 rings (SSSR count). The minimum Gasteiger partial charge on any atom is -0.497 e. The molecular formula is C23H22N4O3S2. The van der Waals surface area contributed by atoms with E-state index in [1.165, 1.54) is 23.1 Å². The normalized spacial score (nSPS) is 10.7. The second-order valence-electron chi connectivity index (χ2n) is 6.83. The molecule has 0 spiro atoms. The quantitative estimate of drug-likeness (QED) is 0.322. The Bertz CT molecular complexity index is 1120. The highest BCUT2D eigenvalue weighted by atomic mass is 32.2. The predicted molar refractivity (Wildman–Crippen MR) is 126 cm³/mol. The Morgan fingerprint density at radius 1 is 1.06 bits per heavy atom. The number of hydrogen-bond acceptors (Lipinski definition) is 8. The van der Waals surface area contributed by atoms with Gasteiger partial charge in [-0.2, -0.15) is 0 Å². The van der Waals surface area contributed by atoms with Gasteiger partial charge < -0.3 is 19.4 Å². The summed E-state index contributed by atoms with van der Waals surface area (Å²) in [7, 11) is 1.63. The lowest BCUT2D eigenvalue weighted by atomic mass is 10.2. The average molecular weight is 467 g/mol. The summed E-state index contributed by atoms with van der Waals surface area (Å²) in [6.07, 6.45) is 1.62. The van der Waals surface area contributed by atoms with E-state index in [-0.39, 0.29) is 11.7 Å². The lowest BCUT2D eigenvalue weighted by Gasteiger charge is -2.21. The van der Waals surface area contributed by atoms with E-state index in [1.807, 2.05) is 66.7 Å². The maximum absolute atomic E-state index is 13.0. The molecular weight excluding hydrogens is 444 g/mol. The third kappa shape index (κ3) is 6.12. The number of ether oxygens (including phenoxy) is 1. The number of hydrogen-bond donors (Lipinski definition) is 1. The van der Waals surface area contributed by atoms with Crippen LogP contribution in [0.25, 0.3) is 0 Å². The number of anilines is 2. The Labute approximate surface area is 194 Å². The maximum Gasteiger partial charge on any atom is 0.233 e. The molecule has 0 unspecified atom stereocenters. The molecule has 1 N–H and O–H groups in total. The first-order chi connectivity index (χ1) is 15.7. The summed E-state index contributed by atoms with van der Waals surface area (Å²) in [6.45, 7) is 0.934. The molecule has 0 atom stereocenters. The highest BCUT2D eigenvalue weighted by molar-refractivity contribution is 8.01. The predicted octanol–water partition coefficient (Wildman–Crippen LogP) is 5.20. The number of nitrogens with one attached hydrogen (secondary N) is 1. The summed E-state index contributed by atoms with van der Waals surface area (Å²) < 4.78 is 11.3. The Balaban J connectivity index is 1.35. The molecule has 2 heterocycles. The zero-order chi connectivity index (χ0) is 22.2. The average Bonchev–Trinajstić information content (AvgIpc) is 3.50. The molecule has 1 amide bonds. The number of nitrogens with zero attached hydrogens (tertiary/aromatic N) is 3. The molecule has 7 nitrogen and oxygen atoms in total. The van der Waals surface area contributed by atoms with Gasteiger partial charge in [0.2, 0.25) is 11.0 Å². The topological polar surface area (TPSA) is 80.5 Å². The number of aromatic nitrogens is 2. The van der Waals surface area contributed by atoms with Crippen molar-refractivity contribution in [2.45, 2.75) is 17.4 Å². The number of thioether (sulfide) groups is 1. The van der Waals surface area contributed by atoms with Crippen LogP contribution in [-0.2, 0) is 17.9 Å². The summed E-state index contributed by atoms with van der Waals surface area (Å²) in [4.78, 5) is 14.8. The lowest BCUT2D eigenvalue weighted by molar-refractivity contribution is -0.129. The molecule has 164 valence electrons. The molecule has 2 aromatic carbocycles. The van der Waals surface area contributed by atoms with Gasteiger partial charge in [-0.15, -0.1) is 10.2 Å². The van der Waals surface area contributed by atoms with Gasteiger partial charge in [0.1, 0.15) is 11.5 Å². The van der Waals surface area contributed by atoms with Crippen LogP contribution >= 0.6 is 23.1 Å². The van der Waals surface area contributed by atoms with Gasteiger partial charge in [0.05, 0.1) is 25.7 Å². The van der Waals surface area contributed by atoms with E-state index in [0.717, 1.165) is 27.1 Å². The van der Waals surface area contributed by atoms with Gasteiger partial charge in [0.25, 0.3) is 0 Å². The van der Waals surface area contributed by atoms with Gasteiger partial charge in [-0.05, 0) is 42.0 Å². The molecule has 2 aromatic heterocycles. The van der Waals surface area contributed by atoms with Crippen LogP contribution in [0.2, 0.25) is 0 Å². The first-order valence-electron chi connectivity index (χ1n) is 9.91. The number of carbonyl (C=O) groups is 1. The fraction of sp³-hybridized carbons (Fsp3) is 0.174. The zero-order valence-electron chi connectivity index (χ0n) is 17.4. The number of benzene rings is 2. The molecule has 0 saturated carbocycles. The molecule has 9 heteroatoms. The van der Waals surface area contributed by atoms with E-state index < -0.39 is 0 Å². The number of rotatable bonds is 10. The smallest absolute Gasteiger partial charge is 0.233 e. The van der Waals surface area contributed by atoms with Crippen molar-refractivity contribution in [3.8, 4) is 5.75 Å². The third-order valence-electron chi connectivity index (χ3n) is 4.56. The largest absolute Gasteiger partial charge is 0.497 e. The van der Waals surface area contributed by atoms with Gasteiger partial charge in [0.15, 0.2) is 4.34 Å². The van der Waals surface area contributed by atoms with Crippen molar-refractivity contribution in [1.82, 2.24) is 15.1 Å². The van der Waals surface area contributed by atoms with Crippen LogP contribution in [0.15, 0.2) is 81.8 Å². The standard InChI is InChI=1S/C23H22N4O3S2/c1-29-19-11-9-18(10-12-19)24-22-25-26-23(32-22)31-16-21(28)27(15-20-8-5-13-30-20)14-17-6-3-2-4-7-17/h2-13H,14-16H2,1H3,(H,24,25). The van der Waals surface area contributed by atoms with Crippen molar-refractivity contribution in [3.63, 3.8) is 0 Å². The fourth-order valence-corrected chi connectivity index (χ4v) is 4.63. The van der Waals surface area contributed by atoms with Crippen molar-refractivity contribution < 1.29 is 13.9 Å². The molecule has 0 fully saturated rings. The highest BCUT2D eigenvalue weighted by Gasteiger charge is 2.17. The zero-order valence-corrected chi connectivity index (χ0v) is 19.1. The molecule has 0 aliphatic carbocycles. The minimum atomic E-state index is 0.00937. The van der Waals surface area contributed by atoms with Gasteiger partial charge >= 0.3 is 0 Å². The summed E-state index contributed by atoms with van der Waals surface area (Å²) in [6, 6.07) is 21.2. The van der Waals surface area contributed by atoms with Crippen LogP contribution in [0, 0.1) is 0 Å². The van der Waals surface area contributed by atoms with Crippen LogP contribution in [-0.4, -0.2) is 33.9 Å². The second-order valence-corrected chi connectivity index (χ2v) is 9.03. The minimum absolute atomic E-state index is 0.00937. The van der Waals surface area contributed by atoms with Crippen molar-refractivity contribution >= 4 is 39.8 Å². The van der Waals surface area contributed by atoms with E-state index in [9.17, 15) is 4.79 Å². The molecule has 0 aliphatic rings. The van der Waals surface area contributed by atoms with Gasteiger partial charge in [-0.25, -0.2) is 0 Å². The number of amides is 1. The van der Waals surface area contributed by atoms with Crippen molar-refractivity contribution in [2.75, 3.05) is 18.2 Å². The van der Waals surface area contributed by atoms with Gasteiger partial charge in [0, 0.05) is 12.2 Å². The Hall–Kier alpha value is -3.30. The lowest BCUT2D eigenvalue weighted by Crippen LogP contribution is -2.31. The first-order valence-corrected chi connectivity index (χ1v) is 11.7. The summed E-state index contributed by atoms with van der Waals surface area (Å²) >= 11 is 2.79. The van der Waals surface area contributed by atoms with Crippen molar-refractivity contribution in [1.29, 1.82) is 0 Å². The Morgan fingerprint density at radius 3 is 2.59 bits per heavy atom. The monoisotopic (exact) mass is 466 g/mol. The van der Waals surface area contributed by atoms with Gasteiger partial charge in [-0.1, -0.05) is 53.4 Å². The Kier molecular flexibility index (Phi) is 7.42. The SMILES string of the molecule is COc1ccc(Nc2nnc(SCC(=O)N(Cc3ccccc3)Cc3ccco3)s2)cc1. The molecule has 0 bridgehead atoms. The van der Waals surface area contributed by atoms with E-state index in [2.05, 4.69) is 15.5 Å². The Morgan fingerprint density at radius 2 is 1.88 bits per heavy atom.